The summed E-state index contributed by atoms with van der Waals surface area (Å²) in [6.07, 6.45) is 5.15. The first-order valence-corrected chi connectivity index (χ1v) is 6.74. The second kappa shape index (κ2) is 3.23. The van der Waals surface area contributed by atoms with E-state index in [1.54, 1.807) is 0 Å². The quantitative estimate of drug-likeness (QED) is 0.757. The summed E-state index contributed by atoms with van der Waals surface area (Å²) in [5.74, 6) is 1.96. The summed E-state index contributed by atoms with van der Waals surface area (Å²) in [5.41, 5.74) is 1.19. The molecule has 0 heterocycles. The molecule has 2 nitrogen and oxygen atoms in total. The van der Waals surface area contributed by atoms with Gasteiger partial charge in [-0.1, -0.05) is 19.4 Å². The molecule has 0 bridgehead atoms. The van der Waals surface area contributed by atoms with E-state index in [4.69, 9.17) is 0 Å². The minimum atomic E-state index is -0.151. The zero-order chi connectivity index (χ0) is 12.4. The Kier molecular flexibility index (Phi) is 2.17. The van der Waals surface area contributed by atoms with Gasteiger partial charge < -0.3 is 5.11 Å². The largest absolute Gasteiger partial charge is 0.396 e. The van der Waals surface area contributed by atoms with Crippen LogP contribution < -0.4 is 0 Å². The van der Waals surface area contributed by atoms with Gasteiger partial charge in [-0.15, -0.1) is 0 Å². The summed E-state index contributed by atoms with van der Waals surface area (Å²) in [7, 11) is 0. The van der Waals surface area contributed by atoms with Crippen molar-refractivity contribution in [1.82, 2.24) is 0 Å². The number of ketones is 1. The van der Waals surface area contributed by atoms with Gasteiger partial charge in [0.15, 0.2) is 5.78 Å². The van der Waals surface area contributed by atoms with Crippen molar-refractivity contribution in [2.45, 2.75) is 40.0 Å². The number of aliphatic hydroxyl groups excluding tert-OH is 1. The first-order chi connectivity index (χ1) is 7.90. The smallest absolute Gasteiger partial charge is 0.162 e. The van der Waals surface area contributed by atoms with Crippen molar-refractivity contribution in [2.75, 3.05) is 6.61 Å². The van der Waals surface area contributed by atoms with Gasteiger partial charge in [0.05, 0.1) is 0 Å². The molecule has 0 radical (unpaired) electrons. The van der Waals surface area contributed by atoms with Crippen molar-refractivity contribution in [1.29, 1.82) is 0 Å². The van der Waals surface area contributed by atoms with Gasteiger partial charge in [-0.05, 0) is 55.4 Å². The number of rotatable bonds is 1. The van der Waals surface area contributed by atoms with Crippen molar-refractivity contribution < 1.29 is 9.90 Å². The number of carbonyl (C=O) groups is 1. The summed E-state index contributed by atoms with van der Waals surface area (Å²) in [6.45, 7) is 6.71. The zero-order valence-corrected chi connectivity index (χ0v) is 11.0. The Labute approximate surface area is 103 Å². The molecule has 0 aromatic heterocycles. The highest BCUT2D eigenvalue weighted by atomic mass is 16.3. The highest BCUT2D eigenvalue weighted by Crippen LogP contribution is 2.65. The number of carbonyl (C=O) groups excluding carboxylic acids is 1. The monoisotopic (exact) mass is 234 g/mol. The van der Waals surface area contributed by atoms with Crippen LogP contribution >= 0.6 is 0 Å². The van der Waals surface area contributed by atoms with E-state index in [9.17, 15) is 9.90 Å². The van der Waals surface area contributed by atoms with E-state index in [1.807, 2.05) is 6.08 Å². The molecule has 94 valence electrons. The zero-order valence-electron chi connectivity index (χ0n) is 11.0. The van der Waals surface area contributed by atoms with Gasteiger partial charge in [-0.25, -0.2) is 0 Å². The lowest BCUT2D eigenvalue weighted by Crippen LogP contribution is -2.34. The molecule has 0 aromatic carbocycles. The Hall–Kier alpha value is -0.630. The number of fused-ring (bicyclic) bond motifs is 3. The van der Waals surface area contributed by atoms with Gasteiger partial charge in [-0.3, -0.25) is 4.79 Å². The number of hydrogen-bond donors (Lipinski definition) is 1. The van der Waals surface area contributed by atoms with Crippen molar-refractivity contribution >= 4 is 5.78 Å². The molecular formula is C15H22O2. The Morgan fingerprint density at radius 2 is 2.12 bits per heavy atom. The van der Waals surface area contributed by atoms with Crippen molar-refractivity contribution in [2.24, 2.45) is 28.6 Å². The van der Waals surface area contributed by atoms with E-state index in [2.05, 4.69) is 20.8 Å². The third-order valence-electron chi connectivity index (χ3n) is 5.89. The van der Waals surface area contributed by atoms with Crippen LogP contribution in [0.5, 0.6) is 0 Å². The van der Waals surface area contributed by atoms with Gasteiger partial charge >= 0.3 is 0 Å². The van der Waals surface area contributed by atoms with E-state index < -0.39 is 0 Å². The standard InChI is InChI=1S/C15H22O2/c1-9-4-13(17)15(3)11(9)5-10-6-14(2,8-16)7-12(10)15/h4,10-12,16H,5-8H2,1-3H3/t10-,11+,12+,14-,15-/m0/s1. The molecule has 0 aromatic rings. The maximum Gasteiger partial charge on any atom is 0.162 e. The molecule has 3 rings (SSSR count). The highest BCUT2D eigenvalue weighted by Gasteiger charge is 2.62. The number of aliphatic hydroxyl groups is 1. The van der Waals surface area contributed by atoms with E-state index in [0.717, 1.165) is 19.3 Å². The molecule has 0 saturated heterocycles. The molecule has 0 aliphatic heterocycles. The first-order valence-electron chi connectivity index (χ1n) is 6.74. The molecule has 1 N–H and O–H groups in total. The molecule has 0 unspecified atom stereocenters. The van der Waals surface area contributed by atoms with Gasteiger partial charge in [0.2, 0.25) is 0 Å². The van der Waals surface area contributed by atoms with E-state index in [-0.39, 0.29) is 17.4 Å². The van der Waals surface area contributed by atoms with Gasteiger partial charge in [0.1, 0.15) is 0 Å². The first kappa shape index (κ1) is 11.5. The van der Waals surface area contributed by atoms with E-state index >= 15 is 0 Å². The Balaban J connectivity index is 1.95. The third kappa shape index (κ3) is 1.28. The normalized spacial score (nSPS) is 52.6. The molecule has 0 spiro atoms. The summed E-state index contributed by atoms with van der Waals surface area (Å²) >= 11 is 0. The molecule has 5 atom stereocenters. The van der Waals surface area contributed by atoms with Crippen LogP contribution in [-0.2, 0) is 4.79 Å². The van der Waals surface area contributed by atoms with E-state index in [0.29, 0.717) is 23.5 Å². The van der Waals surface area contributed by atoms with Crippen LogP contribution in [0, 0.1) is 28.6 Å². The molecule has 0 amide bonds. The van der Waals surface area contributed by atoms with Crippen LogP contribution in [0.2, 0.25) is 0 Å². The van der Waals surface area contributed by atoms with Gasteiger partial charge in [-0.2, -0.15) is 0 Å². The lowest BCUT2D eigenvalue weighted by Gasteiger charge is -2.32. The van der Waals surface area contributed by atoms with E-state index in [1.165, 1.54) is 5.57 Å². The van der Waals surface area contributed by atoms with Crippen LogP contribution in [0.15, 0.2) is 11.6 Å². The molecule has 17 heavy (non-hydrogen) atoms. The highest BCUT2D eigenvalue weighted by molar-refractivity contribution is 5.99. The minimum absolute atomic E-state index is 0.0556. The molecular weight excluding hydrogens is 212 g/mol. The Morgan fingerprint density at radius 3 is 2.76 bits per heavy atom. The molecule has 3 aliphatic carbocycles. The lowest BCUT2D eigenvalue weighted by molar-refractivity contribution is -0.125. The summed E-state index contributed by atoms with van der Waals surface area (Å²) in [5, 5.41) is 9.52. The topological polar surface area (TPSA) is 37.3 Å². The van der Waals surface area contributed by atoms with Crippen molar-refractivity contribution in [3.05, 3.63) is 11.6 Å². The molecule has 2 fully saturated rings. The average Bonchev–Trinajstić information content (AvgIpc) is 2.80. The predicted molar refractivity (Wildman–Crippen MR) is 66.4 cm³/mol. The fourth-order valence-electron chi connectivity index (χ4n) is 4.92. The minimum Gasteiger partial charge on any atom is -0.396 e. The lowest BCUT2D eigenvalue weighted by atomic mass is 9.70. The van der Waals surface area contributed by atoms with Crippen LogP contribution in [-0.4, -0.2) is 17.5 Å². The molecule has 3 aliphatic rings. The third-order valence-corrected chi connectivity index (χ3v) is 5.89. The fraction of sp³-hybridized carbons (Fsp3) is 0.800. The summed E-state index contributed by atoms with van der Waals surface area (Å²) in [4.78, 5) is 12.3. The van der Waals surface area contributed by atoms with Crippen molar-refractivity contribution in [3.63, 3.8) is 0 Å². The number of allylic oxidation sites excluding steroid dienone is 2. The Morgan fingerprint density at radius 1 is 1.41 bits per heavy atom. The summed E-state index contributed by atoms with van der Waals surface area (Å²) < 4.78 is 0. The van der Waals surface area contributed by atoms with Crippen LogP contribution in [0.3, 0.4) is 0 Å². The van der Waals surface area contributed by atoms with Crippen LogP contribution in [0.25, 0.3) is 0 Å². The van der Waals surface area contributed by atoms with Crippen LogP contribution in [0.4, 0.5) is 0 Å². The maximum atomic E-state index is 12.3. The van der Waals surface area contributed by atoms with Gasteiger partial charge in [0.25, 0.3) is 0 Å². The fourth-order valence-corrected chi connectivity index (χ4v) is 4.92. The van der Waals surface area contributed by atoms with Crippen molar-refractivity contribution in [3.8, 4) is 0 Å². The summed E-state index contributed by atoms with van der Waals surface area (Å²) in [6, 6.07) is 0. The number of hydrogen-bond acceptors (Lipinski definition) is 2. The SMILES string of the molecule is CC1=CC(=O)[C@@]2(C)[C@@H]1C[C@H]1C[C@](C)(CO)C[C@H]12. The molecule has 2 saturated carbocycles. The average molecular weight is 234 g/mol. The second-order valence-corrected chi connectivity index (χ2v) is 7.07. The van der Waals surface area contributed by atoms with Gasteiger partial charge in [0, 0.05) is 12.0 Å². The Bertz CT molecular complexity index is 411. The van der Waals surface area contributed by atoms with Crippen LogP contribution in [0.1, 0.15) is 40.0 Å². The second-order valence-electron chi connectivity index (χ2n) is 7.07. The maximum absolute atomic E-state index is 12.3. The molecule has 2 heteroatoms. The predicted octanol–water partition coefficient (Wildman–Crippen LogP) is 2.57.